The molecule has 2 aliphatic heterocycles. The number of nitrogens with one attached hydrogen (secondary N) is 2. The Morgan fingerprint density at radius 3 is 2.67 bits per heavy atom. The van der Waals surface area contributed by atoms with Gasteiger partial charge in [0.1, 0.15) is 18.2 Å². The second-order valence-corrected chi connectivity index (χ2v) is 5.02. The van der Waals surface area contributed by atoms with Crippen molar-refractivity contribution in [1.29, 1.82) is 0 Å². The summed E-state index contributed by atoms with van der Waals surface area (Å²) in [6.07, 6.45) is 0. The molecule has 8 heteroatoms. The molecule has 0 radical (unpaired) electrons. The Bertz CT molecular complexity index is 555. The highest BCUT2D eigenvalue weighted by atomic mass is 19.1. The number of piperazine rings is 1. The molecule has 2 aliphatic rings. The van der Waals surface area contributed by atoms with Gasteiger partial charge >= 0.3 is 0 Å². The lowest BCUT2D eigenvalue weighted by molar-refractivity contribution is -0.120. The number of rotatable bonds is 3. The Balaban J connectivity index is 1.52. The van der Waals surface area contributed by atoms with Crippen molar-refractivity contribution in [3.63, 3.8) is 0 Å². The fourth-order valence-electron chi connectivity index (χ4n) is 2.40. The average Bonchev–Trinajstić information content (AvgIpc) is 2.50. The summed E-state index contributed by atoms with van der Waals surface area (Å²) in [7, 11) is 0. The van der Waals surface area contributed by atoms with Gasteiger partial charge in [-0.2, -0.15) is 4.39 Å². The number of halogens is 1. The molecule has 7 nitrogen and oxygen atoms in total. The third kappa shape index (κ3) is 3.46. The van der Waals surface area contributed by atoms with E-state index in [2.05, 4.69) is 30.6 Å². The van der Waals surface area contributed by atoms with Crippen molar-refractivity contribution in [2.24, 2.45) is 4.99 Å². The van der Waals surface area contributed by atoms with E-state index in [1.54, 1.807) is 6.07 Å². The molecule has 3 heterocycles. The van der Waals surface area contributed by atoms with Crippen LogP contribution in [0, 0.1) is 5.95 Å². The van der Waals surface area contributed by atoms with E-state index in [4.69, 9.17) is 0 Å². The number of amides is 1. The number of pyridine rings is 1. The van der Waals surface area contributed by atoms with Crippen LogP contribution in [0.3, 0.4) is 0 Å². The van der Waals surface area contributed by atoms with Crippen LogP contribution in [-0.4, -0.2) is 60.9 Å². The van der Waals surface area contributed by atoms with Crippen LogP contribution in [0.15, 0.2) is 23.2 Å². The van der Waals surface area contributed by atoms with Gasteiger partial charge in [0.15, 0.2) is 0 Å². The van der Waals surface area contributed by atoms with Crippen molar-refractivity contribution in [1.82, 2.24) is 20.7 Å². The maximum atomic E-state index is 13.1. The molecule has 0 atom stereocenters. The number of aliphatic imine (C=N–C) groups is 1. The van der Waals surface area contributed by atoms with Gasteiger partial charge < -0.3 is 4.90 Å². The zero-order chi connectivity index (χ0) is 14.7. The number of carbonyl (C=O) groups is 1. The molecule has 1 aromatic heterocycles. The van der Waals surface area contributed by atoms with E-state index in [1.807, 2.05) is 6.07 Å². The van der Waals surface area contributed by atoms with Crippen molar-refractivity contribution >= 4 is 17.6 Å². The summed E-state index contributed by atoms with van der Waals surface area (Å²) in [6, 6.07) is 4.84. The first-order valence-corrected chi connectivity index (χ1v) is 6.89. The molecule has 3 rings (SSSR count). The lowest BCUT2D eigenvalue weighted by atomic mass is 10.3. The van der Waals surface area contributed by atoms with Crippen molar-refractivity contribution in [3.05, 3.63) is 24.1 Å². The van der Waals surface area contributed by atoms with E-state index in [1.165, 1.54) is 6.07 Å². The minimum Gasteiger partial charge on any atom is -0.354 e. The summed E-state index contributed by atoms with van der Waals surface area (Å²) in [6.45, 7) is 4.10. The summed E-state index contributed by atoms with van der Waals surface area (Å²) < 4.78 is 13.1. The van der Waals surface area contributed by atoms with Crippen LogP contribution in [0.5, 0.6) is 0 Å². The molecular formula is C13H17FN6O. The highest BCUT2D eigenvalue weighted by Crippen LogP contribution is 2.13. The molecule has 2 N–H and O–H groups in total. The first-order valence-electron chi connectivity index (χ1n) is 6.89. The summed E-state index contributed by atoms with van der Waals surface area (Å²) in [5, 5.41) is 0. The number of anilines is 1. The predicted molar refractivity (Wildman–Crippen MR) is 76.4 cm³/mol. The van der Waals surface area contributed by atoms with E-state index in [0.29, 0.717) is 12.4 Å². The van der Waals surface area contributed by atoms with Crippen molar-refractivity contribution in [3.8, 4) is 0 Å². The second-order valence-electron chi connectivity index (χ2n) is 5.02. The third-order valence-electron chi connectivity index (χ3n) is 3.53. The van der Waals surface area contributed by atoms with Crippen LogP contribution in [-0.2, 0) is 4.79 Å². The number of hydrogen-bond donors (Lipinski definition) is 2. The maximum Gasteiger partial charge on any atom is 0.260 e. The van der Waals surface area contributed by atoms with Crippen LogP contribution in [0.4, 0.5) is 10.2 Å². The van der Waals surface area contributed by atoms with Gasteiger partial charge in [-0.3, -0.25) is 25.5 Å². The Hall–Kier alpha value is -2.22. The first kappa shape index (κ1) is 13.7. The van der Waals surface area contributed by atoms with Gasteiger partial charge in [0, 0.05) is 26.2 Å². The van der Waals surface area contributed by atoms with Crippen LogP contribution in [0.2, 0.25) is 0 Å². The van der Waals surface area contributed by atoms with Crippen LogP contribution < -0.4 is 15.8 Å². The van der Waals surface area contributed by atoms with E-state index in [-0.39, 0.29) is 12.5 Å². The Morgan fingerprint density at radius 1 is 1.19 bits per heavy atom. The molecule has 0 bridgehead atoms. The quantitative estimate of drug-likeness (QED) is 0.726. The summed E-state index contributed by atoms with van der Waals surface area (Å²) in [4.78, 5) is 23.4. The predicted octanol–water partition coefficient (Wildman–Crippen LogP) is -0.624. The van der Waals surface area contributed by atoms with Crippen molar-refractivity contribution in [2.75, 3.05) is 44.2 Å². The van der Waals surface area contributed by atoms with Gasteiger partial charge in [0.2, 0.25) is 5.95 Å². The monoisotopic (exact) mass is 292 g/mol. The number of amidine groups is 1. The fourth-order valence-corrected chi connectivity index (χ4v) is 2.40. The molecular weight excluding hydrogens is 275 g/mol. The number of hydrazine groups is 1. The summed E-state index contributed by atoms with van der Waals surface area (Å²) >= 11 is 0. The first-order chi connectivity index (χ1) is 10.2. The highest BCUT2D eigenvalue weighted by Gasteiger charge is 2.20. The van der Waals surface area contributed by atoms with Gasteiger partial charge in [-0.05, 0) is 12.1 Å². The van der Waals surface area contributed by atoms with Crippen molar-refractivity contribution in [2.45, 2.75) is 0 Å². The number of carbonyl (C=O) groups excluding carboxylic acids is 1. The molecule has 0 aromatic carbocycles. The topological polar surface area (TPSA) is 72.9 Å². The van der Waals surface area contributed by atoms with E-state index in [0.717, 1.165) is 32.0 Å². The number of aromatic nitrogens is 1. The van der Waals surface area contributed by atoms with Crippen molar-refractivity contribution < 1.29 is 9.18 Å². The molecule has 0 unspecified atom stereocenters. The number of nitrogens with zero attached hydrogens (tertiary/aromatic N) is 4. The van der Waals surface area contributed by atoms with Gasteiger partial charge in [0.05, 0.1) is 6.54 Å². The van der Waals surface area contributed by atoms with Crippen LogP contribution >= 0.6 is 0 Å². The Kier molecular flexibility index (Phi) is 3.96. The molecule has 0 aliphatic carbocycles. The maximum absolute atomic E-state index is 13.1. The molecule has 1 fully saturated rings. The molecule has 0 spiro atoms. The molecule has 1 saturated heterocycles. The molecule has 1 amide bonds. The minimum atomic E-state index is -0.452. The third-order valence-corrected chi connectivity index (χ3v) is 3.53. The van der Waals surface area contributed by atoms with Gasteiger partial charge in [0.25, 0.3) is 5.91 Å². The molecule has 21 heavy (non-hydrogen) atoms. The van der Waals surface area contributed by atoms with Crippen LogP contribution in [0.1, 0.15) is 0 Å². The summed E-state index contributed by atoms with van der Waals surface area (Å²) in [5.74, 6) is 0.870. The molecule has 1 aromatic rings. The largest absolute Gasteiger partial charge is 0.354 e. The molecule has 112 valence electrons. The van der Waals surface area contributed by atoms with Gasteiger partial charge in [-0.15, -0.1) is 0 Å². The highest BCUT2D eigenvalue weighted by molar-refractivity contribution is 5.92. The van der Waals surface area contributed by atoms with E-state index in [9.17, 15) is 9.18 Å². The number of hydrogen-bond acceptors (Lipinski definition) is 6. The lowest BCUT2D eigenvalue weighted by Gasteiger charge is -2.35. The normalized spacial score (nSPS) is 19.8. The SMILES string of the molecule is O=C1CN=C(CN2CCN(c3cccc(F)n3)CC2)NN1. The standard InChI is InChI=1S/C13H17FN6O/c14-10-2-1-3-12(16-10)20-6-4-19(5-7-20)9-11-15-8-13(21)18-17-11/h1-3H,4-9H2,(H,15,17)(H,18,21). The van der Waals surface area contributed by atoms with Crippen LogP contribution in [0.25, 0.3) is 0 Å². The van der Waals surface area contributed by atoms with E-state index >= 15 is 0 Å². The van der Waals surface area contributed by atoms with E-state index < -0.39 is 5.95 Å². The molecule has 0 saturated carbocycles. The van der Waals surface area contributed by atoms with Gasteiger partial charge in [-0.1, -0.05) is 6.07 Å². The zero-order valence-electron chi connectivity index (χ0n) is 11.5. The fraction of sp³-hybridized carbons (Fsp3) is 0.462. The smallest absolute Gasteiger partial charge is 0.260 e. The average molecular weight is 292 g/mol. The minimum absolute atomic E-state index is 0.124. The Labute approximate surface area is 121 Å². The second kappa shape index (κ2) is 6.04. The Morgan fingerprint density at radius 2 is 2.00 bits per heavy atom. The summed E-state index contributed by atoms with van der Waals surface area (Å²) in [5.41, 5.74) is 5.35. The van der Waals surface area contributed by atoms with Gasteiger partial charge in [-0.25, -0.2) is 4.98 Å². The zero-order valence-corrected chi connectivity index (χ0v) is 11.5. The lowest BCUT2D eigenvalue weighted by Crippen LogP contribution is -2.54.